The smallest absolute Gasteiger partial charge is 0.204 e. The van der Waals surface area contributed by atoms with Gasteiger partial charge in [-0.1, -0.05) is 42.5 Å². The molecule has 3 heterocycles. The van der Waals surface area contributed by atoms with Crippen LogP contribution in [0.2, 0.25) is 0 Å². The number of hydrogen-bond donors (Lipinski definition) is 0. The van der Waals surface area contributed by atoms with E-state index in [4.69, 9.17) is 22.3 Å². The van der Waals surface area contributed by atoms with Crippen LogP contribution < -0.4 is 0 Å². The molecular weight excluding hydrogens is 465 g/mol. The molecule has 0 radical (unpaired) electrons. The molecule has 0 amide bonds. The van der Waals surface area contributed by atoms with Gasteiger partial charge in [0.25, 0.3) is 0 Å². The van der Waals surface area contributed by atoms with E-state index in [1.807, 2.05) is 51.7 Å². The minimum Gasteiger partial charge on any atom is -0.275 e. The molecule has 5 nitrogen and oxygen atoms in total. The lowest BCUT2D eigenvalue weighted by Crippen LogP contribution is -2.27. The Bertz CT molecular complexity index is 1490. The lowest BCUT2D eigenvalue weighted by atomic mass is 10.2. The molecule has 0 aliphatic carbocycles. The van der Waals surface area contributed by atoms with Crippen molar-refractivity contribution in [3.8, 4) is 17.1 Å². The van der Waals surface area contributed by atoms with Crippen molar-refractivity contribution in [1.82, 2.24) is 24.2 Å². The monoisotopic (exact) mass is 487 g/mol. The Labute approximate surface area is 205 Å². The largest absolute Gasteiger partial charge is 0.275 e. The Morgan fingerprint density at radius 2 is 1.74 bits per heavy atom. The fraction of sp³-hybridized carbons (Fsp3) is 0.192. The van der Waals surface area contributed by atoms with Crippen LogP contribution in [0.1, 0.15) is 23.9 Å². The highest BCUT2D eigenvalue weighted by atomic mass is 32.1. The van der Waals surface area contributed by atoms with Gasteiger partial charge in [-0.05, 0) is 61.5 Å². The fourth-order valence-electron chi connectivity index (χ4n) is 4.61. The first-order chi connectivity index (χ1) is 16.7. The number of para-hydroxylation sites is 2. The molecule has 0 bridgehead atoms. The van der Waals surface area contributed by atoms with Crippen molar-refractivity contribution >= 4 is 33.8 Å². The zero-order chi connectivity index (χ0) is 23.1. The second-order valence-corrected chi connectivity index (χ2v) is 9.82. The molecule has 1 saturated heterocycles. The number of benzene rings is 3. The van der Waals surface area contributed by atoms with Crippen LogP contribution in [-0.4, -0.2) is 30.8 Å². The molecule has 6 rings (SSSR count). The molecular formula is C26H22FN5S2. The second-order valence-electron chi connectivity index (χ2n) is 8.39. The number of halogens is 1. The zero-order valence-electron chi connectivity index (χ0n) is 18.3. The summed E-state index contributed by atoms with van der Waals surface area (Å²) in [5, 5.41) is 5.96. The SMILES string of the molecule is Fc1ccccc1-c1nn(CN2CCC[C@@H]2c2nc3ccccc3s2)c(=S)n1-c1ccccc1. The molecule has 1 aliphatic rings. The molecule has 0 saturated carbocycles. The second kappa shape index (κ2) is 8.87. The standard InChI is InChI=1S/C26H22FN5S2/c27-20-12-5-4-11-19(20)24-29-31(26(33)32(24)18-9-2-1-3-10-18)17-30-16-8-14-22(30)25-28-21-13-6-7-15-23(21)34-25/h1-7,9-13,15,22H,8,14,16-17H2/t22-/m1/s1. The number of aromatic nitrogens is 4. The van der Waals surface area contributed by atoms with Gasteiger partial charge in [-0.15, -0.1) is 16.4 Å². The summed E-state index contributed by atoms with van der Waals surface area (Å²) < 4.78 is 20.2. The molecule has 3 aromatic carbocycles. The highest BCUT2D eigenvalue weighted by molar-refractivity contribution is 7.71. The van der Waals surface area contributed by atoms with Gasteiger partial charge in [-0.2, -0.15) is 0 Å². The van der Waals surface area contributed by atoms with Gasteiger partial charge in [-0.3, -0.25) is 9.47 Å². The van der Waals surface area contributed by atoms with Crippen LogP contribution in [0, 0.1) is 10.6 Å². The van der Waals surface area contributed by atoms with E-state index in [1.165, 1.54) is 10.8 Å². The van der Waals surface area contributed by atoms with Crippen LogP contribution in [0.25, 0.3) is 27.3 Å². The number of fused-ring (bicyclic) bond motifs is 1. The Kier molecular flexibility index (Phi) is 5.57. The van der Waals surface area contributed by atoms with E-state index in [0.717, 1.165) is 35.6 Å². The minimum atomic E-state index is -0.319. The maximum absolute atomic E-state index is 14.8. The fourth-order valence-corrected chi connectivity index (χ4v) is 6.03. The summed E-state index contributed by atoms with van der Waals surface area (Å²) in [6.07, 6.45) is 2.14. The van der Waals surface area contributed by atoms with Crippen molar-refractivity contribution in [3.63, 3.8) is 0 Å². The van der Waals surface area contributed by atoms with Gasteiger partial charge in [0.2, 0.25) is 4.77 Å². The average Bonchev–Trinajstić information content (AvgIpc) is 3.57. The van der Waals surface area contributed by atoms with E-state index in [0.29, 0.717) is 22.8 Å². The lowest BCUT2D eigenvalue weighted by Gasteiger charge is -2.22. The number of nitrogens with zero attached hydrogens (tertiary/aromatic N) is 5. The van der Waals surface area contributed by atoms with Crippen molar-refractivity contribution in [2.45, 2.75) is 25.6 Å². The van der Waals surface area contributed by atoms with Crippen molar-refractivity contribution in [2.75, 3.05) is 6.54 Å². The lowest BCUT2D eigenvalue weighted by molar-refractivity contribution is 0.190. The van der Waals surface area contributed by atoms with Crippen molar-refractivity contribution in [2.24, 2.45) is 0 Å². The van der Waals surface area contributed by atoms with Gasteiger partial charge < -0.3 is 0 Å². The third kappa shape index (κ3) is 3.77. The summed E-state index contributed by atoms with van der Waals surface area (Å²) in [5.74, 6) is 0.186. The summed E-state index contributed by atoms with van der Waals surface area (Å²) in [6.45, 7) is 1.47. The molecule has 0 spiro atoms. The quantitative estimate of drug-likeness (QED) is 0.261. The highest BCUT2D eigenvalue weighted by Crippen LogP contribution is 2.37. The Hall–Kier alpha value is -3.20. The van der Waals surface area contributed by atoms with Crippen LogP contribution in [0.15, 0.2) is 78.9 Å². The molecule has 8 heteroatoms. The van der Waals surface area contributed by atoms with Gasteiger partial charge in [0.05, 0.1) is 28.5 Å². The van der Waals surface area contributed by atoms with Gasteiger partial charge in [0.1, 0.15) is 10.8 Å². The molecule has 2 aromatic heterocycles. The van der Waals surface area contributed by atoms with Crippen molar-refractivity contribution in [1.29, 1.82) is 0 Å². The van der Waals surface area contributed by atoms with Crippen molar-refractivity contribution in [3.05, 3.63) is 94.5 Å². The molecule has 1 atom stereocenters. The summed E-state index contributed by atoms with van der Waals surface area (Å²) in [4.78, 5) is 7.28. The number of rotatable bonds is 5. The van der Waals surface area contributed by atoms with E-state index in [1.54, 1.807) is 23.5 Å². The van der Waals surface area contributed by atoms with Crippen LogP contribution in [-0.2, 0) is 6.67 Å². The van der Waals surface area contributed by atoms with E-state index >= 15 is 0 Å². The topological polar surface area (TPSA) is 38.9 Å². The molecule has 5 aromatic rings. The van der Waals surface area contributed by atoms with Gasteiger partial charge in [0.15, 0.2) is 5.82 Å². The third-order valence-corrected chi connectivity index (χ3v) is 7.77. The maximum atomic E-state index is 14.8. The number of thiazole rings is 1. The van der Waals surface area contributed by atoms with Crippen molar-refractivity contribution < 1.29 is 4.39 Å². The zero-order valence-corrected chi connectivity index (χ0v) is 20.0. The van der Waals surface area contributed by atoms with E-state index in [9.17, 15) is 4.39 Å². The molecule has 1 fully saturated rings. The Balaban J connectivity index is 1.40. The van der Waals surface area contributed by atoms with Crippen LogP contribution >= 0.6 is 23.6 Å². The predicted molar refractivity (Wildman–Crippen MR) is 136 cm³/mol. The van der Waals surface area contributed by atoms with Gasteiger partial charge in [-0.25, -0.2) is 14.1 Å². The third-order valence-electron chi connectivity index (χ3n) is 6.24. The summed E-state index contributed by atoms with van der Waals surface area (Å²) in [6, 6.07) is 25.0. The van der Waals surface area contributed by atoms with Gasteiger partial charge in [0, 0.05) is 12.2 Å². The number of hydrogen-bond acceptors (Lipinski definition) is 5. The van der Waals surface area contributed by atoms with Crippen LogP contribution in [0.3, 0.4) is 0 Å². The minimum absolute atomic E-state index is 0.220. The number of likely N-dealkylation sites (tertiary alicyclic amines) is 1. The van der Waals surface area contributed by atoms with E-state index < -0.39 is 0 Å². The average molecular weight is 488 g/mol. The normalized spacial score (nSPS) is 16.4. The molecule has 170 valence electrons. The Morgan fingerprint density at radius 3 is 2.56 bits per heavy atom. The first-order valence-corrected chi connectivity index (χ1v) is 12.5. The maximum Gasteiger partial charge on any atom is 0.204 e. The predicted octanol–water partition coefficient (Wildman–Crippen LogP) is 6.61. The molecule has 0 unspecified atom stereocenters. The van der Waals surface area contributed by atoms with E-state index in [2.05, 4.69) is 23.1 Å². The van der Waals surface area contributed by atoms with Crippen LogP contribution in [0.5, 0.6) is 0 Å². The van der Waals surface area contributed by atoms with Crippen LogP contribution in [0.4, 0.5) is 4.39 Å². The summed E-state index contributed by atoms with van der Waals surface area (Å²) >= 11 is 7.64. The molecule has 1 aliphatic heterocycles. The summed E-state index contributed by atoms with van der Waals surface area (Å²) in [5.41, 5.74) is 2.34. The molecule has 34 heavy (non-hydrogen) atoms. The highest BCUT2D eigenvalue weighted by Gasteiger charge is 2.30. The van der Waals surface area contributed by atoms with Gasteiger partial charge >= 0.3 is 0 Å². The first-order valence-electron chi connectivity index (χ1n) is 11.3. The summed E-state index contributed by atoms with van der Waals surface area (Å²) in [7, 11) is 0. The molecule has 0 N–H and O–H groups in total. The Morgan fingerprint density at radius 1 is 0.971 bits per heavy atom. The van der Waals surface area contributed by atoms with E-state index in [-0.39, 0.29) is 11.9 Å². The first kappa shape index (κ1) is 21.3.